The van der Waals surface area contributed by atoms with Gasteiger partial charge in [0.25, 0.3) is 0 Å². The number of aromatic nitrogens is 5. The Labute approximate surface area is 117 Å². The van der Waals surface area contributed by atoms with Gasteiger partial charge in [0.15, 0.2) is 0 Å². The molecule has 0 aromatic carbocycles. The first-order valence-corrected chi connectivity index (χ1v) is 6.63. The molecular formula is C14H18N6. The number of nitrogens with two attached hydrogens (primary N) is 1. The molecule has 6 nitrogen and oxygen atoms in total. The van der Waals surface area contributed by atoms with Crippen LogP contribution in [0.5, 0.6) is 0 Å². The minimum absolute atomic E-state index is 0.546. The topological polar surface area (TPSA) is 74.5 Å². The summed E-state index contributed by atoms with van der Waals surface area (Å²) in [4.78, 5) is 8.46. The fraction of sp³-hybridized carbons (Fsp3) is 0.357. The monoisotopic (exact) mass is 270 g/mol. The molecule has 2 N–H and O–H groups in total. The van der Waals surface area contributed by atoms with E-state index in [1.54, 1.807) is 0 Å². The summed E-state index contributed by atoms with van der Waals surface area (Å²) in [6, 6.07) is 0. The quantitative estimate of drug-likeness (QED) is 0.788. The highest BCUT2D eigenvalue weighted by atomic mass is 15.3. The van der Waals surface area contributed by atoms with E-state index in [0.717, 1.165) is 29.7 Å². The first-order valence-electron chi connectivity index (χ1n) is 6.63. The van der Waals surface area contributed by atoms with Gasteiger partial charge in [-0.3, -0.25) is 4.68 Å². The zero-order chi connectivity index (χ0) is 14.3. The Hall–Kier alpha value is -2.37. The van der Waals surface area contributed by atoms with E-state index in [-0.39, 0.29) is 0 Å². The van der Waals surface area contributed by atoms with Gasteiger partial charge < -0.3 is 10.3 Å². The molecule has 0 aliphatic carbocycles. The van der Waals surface area contributed by atoms with Crippen molar-refractivity contribution in [1.29, 1.82) is 0 Å². The van der Waals surface area contributed by atoms with E-state index >= 15 is 0 Å². The van der Waals surface area contributed by atoms with Gasteiger partial charge in [0.05, 0.1) is 18.1 Å². The largest absolute Gasteiger partial charge is 0.383 e. The summed E-state index contributed by atoms with van der Waals surface area (Å²) < 4.78 is 4.13. The van der Waals surface area contributed by atoms with E-state index in [1.807, 2.05) is 24.0 Å². The first kappa shape index (κ1) is 12.7. The fourth-order valence-electron chi connectivity index (χ4n) is 2.56. The molecule has 0 aliphatic heterocycles. The van der Waals surface area contributed by atoms with Crippen molar-refractivity contribution < 1.29 is 0 Å². The van der Waals surface area contributed by atoms with Crippen LogP contribution < -0.4 is 5.73 Å². The number of rotatable bonds is 3. The number of fused-ring (bicyclic) bond motifs is 1. The average Bonchev–Trinajstić information content (AvgIpc) is 2.93. The average molecular weight is 270 g/mol. The Morgan fingerprint density at radius 2 is 1.95 bits per heavy atom. The molecule has 3 aromatic rings. The molecule has 0 fully saturated rings. The van der Waals surface area contributed by atoms with Crippen LogP contribution in [0.3, 0.4) is 0 Å². The van der Waals surface area contributed by atoms with Crippen molar-refractivity contribution in [3.63, 3.8) is 0 Å². The highest BCUT2D eigenvalue weighted by molar-refractivity contribution is 5.90. The molecule has 0 aliphatic rings. The summed E-state index contributed by atoms with van der Waals surface area (Å²) in [6.07, 6.45) is 5.42. The fourth-order valence-corrected chi connectivity index (χ4v) is 2.56. The van der Waals surface area contributed by atoms with Crippen LogP contribution in [0.2, 0.25) is 0 Å². The van der Waals surface area contributed by atoms with Gasteiger partial charge in [0, 0.05) is 18.4 Å². The van der Waals surface area contributed by atoms with Gasteiger partial charge in [-0.1, -0.05) is 0 Å². The number of nitrogens with zero attached hydrogens (tertiary/aromatic N) is 5. The first-order chi connectivity index (χ1) is 9.58. The second kappa shape index (κ2) is 4.63. The van der Waals surface area contributed by atoms with Crippen molar-refractivity contribution in [2.75, 3.05) is 5.73 Å². The molecule has 0 atom stereocenters. The van der Waals surface area contributed by atoms with Gasteiger partial charge in [0.2, 0.25) is 0 Å². The van der Waals surface area contributed by atoms with Crippen molar-refractivity contribution >= 4 is 16.9 Å². The predicted molar refractivity (Wildman–Crippen MR) is 78.4 cm³/mol. The zero-order valence-corrected chi connectivity index (χ0v) is 12.0. The molecule has 0 spiro atoms. The van der Waals surface area contributed by atoms with Crippen molar-refractivity contribution in [3.8, 4) is 0 Å². The van der Waals surface area contributed by atoms with Crippen LogP contribution >= 0.6 is 0 Å². The highest BCUT2D eigenvalue weighted by Gasteiger charge is 2.14. The minimum Gasteiger partial charge on any atom is -0.383 e. The Morgan fingerprint density at radius 3 is 2.65 bits per heavy atom. The number of hydrogen-bond acceptors (Lipinski definition) is 4. The Morgan fingerprint density at radius 1 is 1.15 bits per heavy atom. The van der Waals surface area contributed by atoms with Crippen molar-refractivity contribution in [3.05, 3.63) is 35.5 Å². The number of anilines is 1. The Kier molecular flexibility index (Phi) is 2.93. The van der Waals surface area contributed by atoms with Gasteiger partial charge in [0.1, 0.15) is 17.8 Å². The van der Waals surface area contributed by atoms with Gasteiger partial charge in [-0.25, -0.2) is 9.97 Å². The molecule has 3 rings (SSSR count). The maximum atomic E-state index is 5.97. The predicted octanol–water partition coefficient (Wildman–Crippen LogP) is 1.84. The summed E-state index contributed by atoms with van der Waals surface area (Å²) in [5.74, 6) is 0.546. The molecule has 0 saturated carbocycles. The summed E-state index contributed by atoms with van der Waals surface area (Å²) in [7, 11) is 0. The lowest BCUT2D eigenvalue weighted by atomic mass is 10.2. The number of hydrogen-bond donors (Lipinski definition) is 1. The van der Waals surface area contributed by atoms with E-state index in [9.17, 15) is 0 Å². The lowest BCUT2D eigenvalue weighted by Gasteiger charge is -2.08. The smallest absolute Gasteiger partial charge is 0.146 e. The molecule has 6 heteroatoms. The molecule has 0 saturated heterocycles. The molecule has 3 heterocycles. The zero-order valence-electron chi connectivity index (χ0n) is 12.0. The van der Waals surface area contributed by atoms with E-state index < -0.39 is 0 Å². The molecule has 0 radical (unpaired) electrons. The van der Waals surface area contributed by atoms with Crippen molar-refractivity contribution in [1.82, 2.24) is 24.3 Å². The third-order valence-corrected chi connectivity index (χ3v) is 3.75. The van der Waals surface area contributed by atoms with Crippen molar-refractivity contribution in [2.45, 2.75) is 33.9 Å². The van der Waals surface area contributed by atoms with Crippen LogP contribution in [-0.4, -0.2) is 24.3 Å². The van der Waals surface area contributed by atoms with Crippen molar-refractivity contribution in [2.24, 2.45) is 0 Å². The number of nitrogen functional groups attached to an aromatic ring is 1. The molecule has 3 aromatic heterocycles. The lowest BCUT2D eigenvalue weighted by Crippen LogP contribution is -2.09. The van der Waals surface area contributed by atoms with E-state index in [0.29, 0.717) is 5.82 Å². The van der Waals surface area contributed by atoms with E-state index in [2.05, 4.69) is 33.5 Å². The van der Waals surface area contributed by atoms with E-state index in [4.69, 9.17) is 5.73 Å². The SMILES string of the molecule is Cc1cnn(CCn2c(C)c(C)c3c(N)ncnc32)c1. The Bertz CT molecular complexity index is 767. The molecule has 104 valence electrons. The second-order valence-electron chi connectivity index (χ2n) is 5.10. The molecular weight excluding hydrogens is 252 g/mol. The minimum atomic E-state index is 0.546. The molecule has 0 bridgehead atoms. The summed E-state index contributed by atoms with van der Waals surface area (Å²) in [5.41, 5.74) is 10.4. The Balaban J connectivity index is 1.99. The summed E-state index contributed by atoms with van der Waals surface area (Å²) in [5, 5.41) is 5.27. The molecule has 0 amide bonds. The van der Waals surface area contributed by atoms with Crippen LogP contribution in [0.25, 0.3) is 11.0 Å². The van der Waals surface area contributed by atoms with Crippen LogP contribution in [0, 0.1) is 20.8 Å². The maximum absolute atomic E-state index is 5.97. The standard InChI is InChI=1S/C14H18N6/c1-9-6-18-19(7-9)4-5-20-11(3)10(2)12-13(15)16-8-17-14(12)20/h6-8H,4-5H2,1-3H3,(H2,15,16,17). The summed E-state index contributed by atoms with van der Waals surface area (Å²) in [6.45, 7) is 7.81. The maximum Gasteiger partial charge on any atom is 0.146 e. The number of aryl methyl sites for hydroxylation is 4. The third-order valence-electron chi connectivity index (χ3n) is 3.75. The normalized spacial score (nSPS) is 11.3. The van der Waals surface area contributed by atoms with Gasteiger partial charge in [-0.05, 0) is 31.9 Å². The second-order valence-corrected chi connectivity index (χ2v) is 5.10. The van der Waals surface area contributed by atoms with Crippen LogP contribution in [0.4, 0.5) is 5.82 Å². The lowest BCUT2D eigenvalue weighted by molar-refractivity contribution is 0.534. The van der Waals surface area contributed by atoms with Crippen LogP contribution in [-0.2, 0) is 13.1 Å². The van der Waals surface area contributed by atoms with E-state index in [1.165, 1.54) is 17.6 Å². The third kappa shape index (κ3) is 1.93. The highest BCUT2D eigenvalue weighted by Crippen LogP contribution is 2.26. The summed E-state index contributed by atoms with van der Waals surface area (Å²) >= 11 is 0. The molecule has 0 unspecified atom stereocenters. The van der Waals surface area contributed by atoms with Gasteiger partial charge >= 0.3 is 0 Å². The van der Waals surface area contributed by atoms with Gasteiger partial charge in [-0.15, -0.1) is 0 Å². The van der Waals surface area contributed by atoms with Gasteiger partial charge in [-0.2, -0.15) is 5.10 Å². The van der Waals surface area contributed by atoms with Crippen LogP contribution in [0.15, 0.2) is 18.7 Å². The molecule has 20 heavy (non-hydrogen) atoms. The van der Waals surface area contributed by atoms with Crippen LogP contribution in [0.1, 0.15) is 16.8 Å².